The average Bonchev–Trinajstić information content (AvgIpc) is 2.62. The van der Waals surface area contributed by atoms with Crippen LogP contribution in [0.5, 0.6) is 5.75 Å². The molecule has 1 aliphatic rings. The van der Waals surface area contributed by atoms with Crippen molar-refractivity contribution in [3.8, 4) is 5.75 Å². The third-order valence-corrected chi connectivity index (χ3v) is 5.59. The molecule has 0 radical (unpaired) electrons. The van der Waals surface area contributed by atoms with Crippen LogP contribution in [0.25, 0.3) is 0 Å². The highest BCUT2D eigenvalue weighted by molar-refractivity contribution is 6.30. The molecule has 2 aromatic rings. The molecular weight excluding hydrogens is 447 g/mol. The second kappa shape index (κ2) is 8.15. The number of hydrogen-bond acceptors (Lipinski definition) is 4. The molecule has 3 rings (SSSR count). The number of hydrogen-bond donors (Lipinski definition) is 1. The maximum Gasteiger partial charge on any atom is 0.573 e. The zero-order valence-corrected chi connectivity index (χ0v) is 18.9. The molecule has 1 fully saturated rings. The van der Waals surface area contributed by atoms with Gasteiger partial charge in [-0.2, -0.15) is 0 Å². The van der Waals surface area contributed by atoms with E-state index in [0.717, 1.165) is 12.1 Å². The Balaban J connectivity index is 1.96. The molecule has 1 unspecified atom stereocenters. The molecule has 1 aliphatic heterocycles. The normalized spacial score (nSPS) is 17.8. The zero-order chi connectivity index (χ0) is 23.9. The molecule has 1 amide bonds. The quantitative estimate of drug-likeness (QED) is 0.618. The Morgan fingerprint density at radius 1 is 1.06 bits per heavy atom. The highest BCUT2D eigenvalue weighted by atomic mass is 35.5. The summed E-state index contributed by atoms with van der Waals surface area (Å²) in [6.07, 6.45) is -5.32. The molecule has 0 bridgehead atoms. The number of alkyl halides is 3. The molecular formula is C23H25ClF3NO4. The lowest BCUT2D eigenvalue weighted by molar-refractivity contribution is -0.274. The summed E-state index contributed by atoms with van der Waals surface area (Å²) >= 11 is 6.16. The van der Waals surface area contributed by atoms with Crippen LogP contribution >= 0.6 is 11.6 Å². The summed E-state index contributed by atoms with van der Waals surface area (Å²) in [5.74, 6) is -0.399. The van der Waals surface area contributed by atoms with Gasteiger partial charge in [-0.25, -0.2) is 4.79 Å². The Bertz CT molecular complexity index is 982. The van der Waals surface area contributed by atoms with Crippen molar-refractivity contribution >= 4 is 17.7 Å². The number of nitrogens with zero attached hydrogens (tertiary/aromatic N) is 1. The van der Waals surface area contributed by atoms with Crippen molar-refractivity contribution in [2.45, 2.75) is 45.3 Å². The van der Waals surface area contributed by atoms with Gasteiger partial charge < -0.3 is 19.5 Å². The molecule has 1 heterocycles. The summed E-state index contributed by atoms with van der Waals surface area (Å²) in [5.41, 5.74) is -2.36. The van der Waals surface area contributed by atoms with Crippen LogP contribution in [0.2, 0.25) is 5.02 Å². The third-order valence-electron chi connectivity index (χ3n) is 5.35. The first-order valence-corrected chi connectivity index (χ1v) is 10.3. The van der Waals surface area contributed by atoms with E-state index in [9.17, 15) is 23.1 Å². The van der Waals surface area contributed by atoms with E-state index in [-0.39, 0.29) is 13.1 Å². The van der Waals surface area contributed by atoms with Crippen LogP contribution in [0.15, 0.2) is 48.5 Å². The van der Waals surface area contributed by atoms with Crippen LogP contribution in [0.4, 0.5) is 18.0 Å². The fraction of sp³-hybridized carbons (Fsp3) is 0.435. The predicted octanol–water partition coefficient (Wildman–Crippen LogP) is 5.73. The van der Waals surface area contributed by atoms with Gasteiger partial charge in [-0.15, -0.1) is 13.2 Å². The zero-order valence-electron chi connectivity index (χ0n) is 18.2. The van der Waals surface area contributed by atoms with Crippen molar-refractivity contribution in [2.24, 2.45) is 5.41 Å². The molecule has 5 nitrogen and oxygen atoms in total. The first-order valence-electron chi connectivity index (χ1n) is 9.96. The molecule has 0 aromatic heterocycles. The fourth-order valence-corrected chi connectivity index (χ4v) is 4.15. The Labute approximate surface area is 189 Å². The monoisotopic (exact) mass is 471 g/mol. The SMILES string of the molecule is CC(C)(C)OC(=O)N1CC(C)(C(O)(c2ccc(OC(F)(F)F)cc2)c2cccc(Cl)c2)C1. The van der Waals surface area contributed by atoms with E-state index in [1.807, 2.05) is 0 Å². The highest BCUT2D eigenvalue weighted by Crippen LogP contribution is 2.51. The smallest absolute Gasteiger partial charge is 0.444 e. The standard InChI is InChI=1S/C23H25ClF3NO4/c1-20(2,3)32-19(29)28-13-21(4,14-28)22(30,16-6-5-7-17(24)12-16)15-8-10-18(11-9-15)31-23(25,26)27/h5-12,30H,13-14H2,1-4H3. The number of aliphatic hydroxyl groups is 1. The molecule has 9 heteroatoms. The van der Waals surface area contributed by atoms with Gasteiger partial charge in [-0.3, -0.25) is 0 Å². The molecule has 1 saturated heterocycles. The molecule has 174 valence electrons. The highest BCUT2D eigenvalue weighted by Gasteiger charge is 2.58. The molecule has 0 spiro atoms. The van der Waals surface area contributed by atoms with Crippen molar-refractivity contribution in [1.29, 1.82) is 0 Å². The summed E-state index contributed by atoms with van der Waals surface area (Å²) in [6, 6.07) is 11.7. The second-order valence-electron chi connectivity index (χ2n) is 9.19. The lowest BCUT2D eigenvalue weighted by Gasteiger charge is -2.56. The van der Waals surface area contributed by atoms with Crippen LogP contribution in [-0.4, -0.2) is 41.2 Å². The van der Waals surface area contributed by atoms with E-state index in [1.54, 1.807) is 52.0 Å². The summed E-state index contributed by atoms with van der Waals surface area (Å²) < 4.78 is 47.0. The van der Waals surface area contributed by atoms with E-state index in [4.69, 9.17) is 16.3 Å². The summed E-state index contributed by atoms with van der Waals surface area (Å²) in [6.45, 7) is 7.43. The first kappa shape index (κ1) is 24.2. The van der Waals surface area contributed by atoms with Crippen LogP contribution in [0.1, 0.15) is 38.8 Å². The third kappa shape index (κ3) is 4.96. The van der Waals surface area contributed by atoms with Gasteiger partial charge in [0.25, 0.3) is 0 Å². The summed E-state index contributed by atoms with van der Waals surface area (Å²) in [4.78, 5) is 13.9. The van der Waals surface area contributed by atoms with Crippen LogP contribution < -0.4 is 4.74 Å². The number of benzene rings is 2. The summed E-state index contributed by atoms with van der Waals surface area (Å²) in [7, 11) is 0. The molecule has 1 atom stereocenters. The topological polar surface area (TPSA) is 59.0 Å². The largest absolute Gasteiger partial charge is 0.573 e. The van der Waals surface area contributed by atoms with Crippen molar-refractivity contribution in [2.75, 3.05) is 13.1 Å². The van der Waals surface area contributed by atoms with Gasteiger partial charge in [0.2, 0.25) is 0 Å². The predicted molar refractivity (Wildman–Crippen MR) is 113 cm³/mol. The van der Waals surface area contributed by atoms with Crippen molar-refractivity contribution in [1.82, 2.24) is 4.90 Å². The van der Waals surface area contributed by atoms with E-state index < -0.39 is 34.8 Å². The van der Waals surface area contributed by atoms with Crippen LogP contribution in [0.3, 0.4) is 0 Å². The Kier molecular flexibility index (Phi) is 6.17. The number of rotatable bonds is 4. The Morgan fingerprint density at radius 3 is 2.16 bits per heavy atom. The lowest BCUT2D eigenvalue weighted by Crippen LogP contribution is -2.66. The number of ether oxygens (including phenoxy) is 2. The van der Waals surface area contributed by atoms with Crippen molar-refractivity contribution in [3.63, 3.8) is 0 Å². The molecule has 0 saturated carbocycles. The van der Waals surface area contributed by atoms with Crippen molar-refractivity contribution < 1.29 is 32.5 Å². The average molecular weight is 472 g/mol. The van der Waals surface area contributed by atoms with E-state index >= 15 is 0 Å². The van der Waals surface area contributed by atoms with E-state index in [1.165, 1.54) is 17.0 Å². The lowest BCUT2D eigenvalue weighted by atomic mass is 9.62. The number of carbonyl (C=O) groups excluding carboxylic acids is 1. The maximum atomic E-state index is 12.5. The summed E-state index contributed by atoms with van der Waals surface area (Å²) in [5, 5.41) is 12.4. The fourth-order valence-electron chi connectivity index (χ4n) is 3.96. The van der Waals surface area contributed by atoms with Gasteiger partial charge in [-0.1, -0.05) is 42.8 Å². The Morgan fingerprint density at radius 2 is 1.66 bits per heavy atom. The van der Waals surface area contributed by atoms with Crippen molar-refractivity contribution in [3.05, 3.63) is 64.7 Å². The van der Waals surface area contributed by atoms with Gasteiger partial charge >= 0.3 is 12.5 Å². The minimum absolute atomic E-state index is 0.172. The Hall–Kier alpha value is -2.45. The maximum absolute atomic E-state index is 12.5. The molecule has 0 aliphatic carbocycles. The second-order valence-corrected chi connectivity index (χ2v) is 9.63. The van der Waals surface area contributed by atoms with Gasteiger partial charge in [0.05, 0.1) is 0 Å². The van der Waals surface area contributed by atoms with Gasteiger partial charge in [0, 0.05) is 23.5 Å². The molecule has 1 N–H and O–H groups in total. The van der Waals surface area contributed by atoms with Gasteiger partial charge in [-0.05, 0) is 56.2 Å². The number of likely N-dealkylation sites (tertiary alicyclic amines) is 1. The van der Waals surface area contributed by atoms with E-state index in [2.05, 4.69) is 4.74 Å². The number of carbonyl (C=O) groups is 1. The van der Waals surface area contributed by atoms with Crippen LogP contribution in [0, 0.1) is 5.41 Å². The van der Waals surface area contributed by atoms with E-state index in [0.29, 0.717) is 16.1 Å². The molecule has 2 aromatic carbocycles. The minimum atomic E-state index is -4.82. The number of halogens is 4. The van der Waals surface area contributed by atoms with Gasteiger partial charge in [0.1, 0.15) is 17.0 Å². The first-order chi connectivity index (χ1) is 14.6. The van der Waals surface area contributed by atoms with Crippen LogP contribution in [-0.2, 0) is 10.3 Å². The number of amides is 1. The van der Waals surface area contributed by atoms with Gasteiger partial charge in [0.15, 0.2) is 0 Å². The minimum Gasteiger partial charge on any atom is -0.444 e. The molecule has 32 heavy (non-hydrogen) atoms.